The van der Waals surface area contributed by atoms with Gasteiger partial charge in [-0.15, -0.1) is 11.3 Å². The van der Waals surface area contributed by atoms with Crippen molar-refractivity contribution >= 4 is 17.2 Å². The molecule has 2 atom stereocenters. The number of hydrogen-bond acceptors (Lipinski definition) is 5. The van der Waals surface area contributed by atoms with Crippen LogP contribution in [0, 0.1) is 5.92 Å². The summed E-state index contributed by atoms with van der Waals surface area (Å²) in [5.41, 5.74) is 1.75. The third kappa shape index (κ3) is 4.53. The van der Waals surface area contributed by atoms with Gasteiger partial charge in [0, 0.05) is 55.9 Å². The number of amides is 1. The van der Waals surface area contributed by atoms with Crippen LogP contribution in [0.4, 0.5) is 0 Å². The van der Waals surface area contributed by atoms with E-state index in [1.807, 2.05) is 4.90 Å². The van der Waals surface area contributed by atoms with Crippen molar-refractivity contribution in [1.29, 1.82) is 0 Å². The average molecular weight is 439 g/mol. The first-order valence-corrected chi connectivity index (χ1v) is 12.4. The van der Waals surface area contributed by atoms with Crippen molar-refractivity contribution in [1.82, 2.24) is 19.8 Å². The number of fused-ring (bicyclic) bond motifs is 1. The van der Waals surface area contributed by atoms with Gasteiger partial charge in [-0.3, -0.25) is 14.5 Å². The van der Waals surface area contributed by atoms with Crippen molar-refractivity contribution in [2.24, 2.45) is 5.92 Å². The minimum absolute atomic E-state index is 0.00301. The number of H-pyrrole nitrogens is 1. The minimum atomic E-state index is -0.00301. The van der Waals surface area contributed by atoms with E-state index < -0.39 is 0 Å². The van der Waals surface area contributed by atoms with Crippen LogP contribution in [0.25, 0.3) is 0 Å². The topological polar surface area (TPSA) is 69.3 Å². The van der Waals surface area contributed by atoms with Crippen molar-refractivity contribution in [3.8, 4) is 0 Å². The van der Waals surface area contributed by atoms with E-state index in [1.165, 1.54) is 4.88 Å². The maximum Gasteiger partial charge on any atom is 0.255 e. The van der Waals surface area contributed by atoms with Crippen LogP contribution < -0.4 is 5.56 Å². The molecule has 1 N–H and O–H groups in total. The van der Waals surface area contributed by atoms with Gasteiger partial charge in [-0.2, -0.15) is 0 Å². The highest BCUT2D eigenvalue weighted by Crippen LogP contribution is 2.29. The molecule has 7 heteroatoms. The third-order valence-electron chi connectivity index (χ3n) is 6.86. The predicted octanol–water partition coefficient (Wildman–Crippen LogP) is 3.45. The van der Waals surface area contributed by atoms with Crippen LogP contribution in [-0.4, -0.2) is 45.3 Å². The summed E-state index contributed by atoms with van der Waals surface area (Å²) in [5, 5.41) is 2.09. The first kappa shape index (κ1) is 20.6. The van der Waals surface area contributed by atoms with Gasteiger partial charge in [-0.05, 0) is 43.6 Å². The Labute approximate surface area is 187 Å². The number of allylic oxidation sites excluding steroid dienone is 2. The fourth-order valence-electron chi connectivity index (χ4n) is 5.13. The second-order valence-electron chi connectivity index (χ2n) is 9.02. The minimum Gasteiger partial charge on any atom is -0.342 e. The Bertz CT molecular complexity index is 1010. The molecule has 4 heterocycles. The van der Waals surface area contributed by atoms with Gasteiger partial charge in [-0.25, -0.2) is 4.98 Å². The standard InChI is InChI=1S/C24H30N4O2S/c29-23-20-16-27(15-19-9-5-13-31-19)12-10-21(20)25-22(26-23)18-8-4-11-28(14-18)24(30)17-6-2-1-3-7-17/h1-2,5,9,13,17-18H,3-4,6-8,10-12,14-16H2,(H,25,26,29)/t17-,18+/m0/s1. The highest BCUT2D eigenvalue weighted by atomic mass is 32.1. The second kappa shape index (κ2) is 9.09. The molecule has 164 valence electrons. The summed E-state index contributed by atoms with van der Waals surface area (Å²) < 4.78 is 0. The number of carbonyl (C=O) groups is 1. The molecule has 0 spiro atoms. The Balaban J connectivity index is 1.29. The number of aromatic amines is 1. The first-order chi connectivity index (χ1) is 15.2. The second-order valence-corrected chi connectivity index (χ2v) is 10.1. The number of aromatic nitrogens is 2. The number of nitrogens with one attached hydrogen (secondary N) is 1. The molecule has 3 aliphatic rings. The molecule has 2 aromatic heterocycles. The molecule has 0 radical (unpaired) electrons. The van der Waals surface area contributed by atoms with E-state index in [4.69, 9.17) is 4.98 Å². The van der Waals surface area contributed by atoms with Crippen molar-refractivity contribution in [2.75, 3.05) is 19.6 Å². The lowest BCUT2D eigenvalue weighted by molar-refractivity contribution is -0.137. The Morgan fingerprint density at radius 1 is 1.26 bits per heavy atom. The summed E-state index contributed by atoms with van der Waals surface area (Å²) in [5.74, 6) is 1.29. The number of hydrogen-bond donors (Lipinski definition) is 1. The van der Waals surface area contributed by atoms with Gasteiger partial charge in [0.2, 0.25) is 5.91 Å². The number of rotatable bonds is 4. The molecule has 31 heavy (non-hydrogen) atoms. The Hall–Kier alpha value is -2.25. The van der Waals surface area contributed by atoms with Crippen molar-refractivity contribution < 1.29 is 4.79 Å². The van der Waals surface area contributed by atoms with Crippen molar-refractivity contribution in [2.45, 2.75) is 57.5 Å². The SMILES string of the molecule is O=C([C@H]1CC=CCC1)N1CCC[C@@H](c2nc3c(c(=O)[nH]2)CN(Cc2cccs2)CC3)C1. The highest BCUT2D eigenvalue weighted by Gasteiger charge is 2.31. The molecular formula is C24H30N4O2S. The first-order valence-electron chi connectivity index (χ1n) is 11.5. The molecule has 0 saturated carbocycles. The summed E-state index contributed by atoms with van der Waals surface area (Å²) in [7, 11) is 0. The predicted molar refractivity (Wildman–Crippen MR) is 122 cm³/mol. The number of thiophene rings is 1. The number of carbonyl (C=O) groups excluding carboxylic acids is 1. The van der Waals surface area contributed by atoms with Crippen molar-refractivity contribution in [3.05, 3.63) is 62.0 Å². The molecule has 6 nitrogen and oxygen atoms in total. The van der Waals surface area contributed by atoms with Gasteiger partial charge in [0.05, 0.1) is 11.3 Å². The van der Waals surface area contributed by atoms with Crippen LogP contribution in [0.2, 0.25) is 0 Å². The van der Waals surface area contributed by atoms with Gasteiger partial charge in [0.25, 0.3) is 5.56 Å². The zero-order valence-corrected chi connectivity index (χ0v) is 18.7. The molecule has 0 bridgehead atoms. The third-order valence-corrected chi connectivity index (χ3v) is 7.72. The molecule has 5 rings (SSSR count). The summed E-state index contributed by atoms with van der Waals surface area (Å²) in [6, 6.07) is 4.22. The molecular weight excluding hydrogens is 408 g/mol. The molecule has 2 aromatic rings. The van der Waals surface area contributed by atoms with E-state index in [1.54, 1.807) is 11.3 Å². The molecule has 2 aliphatic heterocycles. The Morgan fingerprint density at radius 3 is 3.00 bits per heavy atom. The summed E-state index contributed by atoms with van der Waals surface area (Å²) in [4.78, 5) is 39.6. The Kier molecular flexibility index (Phi) is 6.05. The number of nitrogens with zero attached hydrogens (tertiary/aromatic N) is 3. The van der Waals surface area contributed by atoms with Crippen LogP contribution in [0.5, 0.6) is 0 Å². The zero-order chi connectivity index (χ0) is 21.2. The lowest BCUT2D eigenvalue weighted by Gasteiger charge is -2.35. The fraction of sp³-hybridized carbons (Fsp3) is 0.542. The number of piperidine rings is 1. The smallest absolute Gasteiger partial charge is 0.255 e. The van der Waals surface area contributed by atoms with Crippen LogP contribution >= 0.6 is 11.3 Å². The van der Waals surface area contributed by atoms with E-state index in [9.17, 15) is 9.59 Å². The van der Waals surface area contributed by atoms with Gasteiger partial charge in [0.1, 0.15) is 5.82 Å². The average Bonchev–Trinajstić information content (AvgIpc) is 3.32. The van der Waals surface area contributed by atoms with Gasteiger partial charge in [0.15, 0.2) is 0 Å². The van der Waals surface area contributed by atoms with Crippen LogP contribution in [-0.2, 0) is 24.3 Å². The zero-order valence-electron chi connectivity index (χ0n) is 17.9. The van der Waals surface area contributed by atoms with Gasteiger partial charge in [-0.1, -0.05) is 18.2 Å². The normalized spacial score (nSPS) is 24.2. The van der Waals surface area contributed by atoms with Crippen molar-refractivity contribution in [3.63, 3.8) is 0 Å². The summed E-state index contributed by atoms with van der Waals surface area (Å²) >= 11 is 1.76. The fourth-order valence-corrected chi connectivity index (χ4v) is 5.87. The Morgan fingerprint density at radius 2 is 2.19 bits per heavy atom. The summed E-state index contributed by atoms with van der Waals surface area (Å²) in [6.45, 7) is 3.95. The van der Waals surface area contributed by atoms with E-state index in [0.29, 0.717) is 13.1 Å². The largest absolute Gasteiger partial charge is 0.342 e. The number of likely N-dealkylation sites (tertiary alicyclic amines) is 1. The van der Waals surface area contributed by atoms with Crippen LogP contribution in [0.15, 0.2) is 34.5 Å². The maximum absolute atomic E-state index is 13.0. The molecule has 0 aromatic carbocycles. The molecule has 1 saturated heterocycles. The quantitative estimate of drug-likeness (QED) is 0.743. The van der Waals surface area contributed by atoms with Crippen LogP contribution in [0.3, 0.4) is 0 Å². The monoisotopic (exact) mass is 438 g/mol. The molecule has 1 fully saturated rings. The lowest BCUT2D eigenvalue weighted by Crippen LogP contribution is -2.43. The van der Waals surface area contributed by atoms with E-state index in [-0.39, 0.29) is 23.3 Å². The van der Waals surface area contributed by atoms with Gasteiger partial charge < -0.3 is 9.88 Å². The summed E-state index contributed by atoms with van der Waals surface area (Å²) in [6.07, 6.45) is 9.86. The maximum atomic E-state index is 13.0. The van der Waals surface area contributed by atoms with E-state index in [0.717, 1.165) is 75.2 Å². The van der Waals surface area contributed by atoms with E-state index >= 15 is 0 Å². The van der Waals surface area contributed by atoms with E-state index in [2.05, 4.69) is 39.5 Å². The molecule has 1 aliphatic carbocycles. The van der Waals surface area contributed by atoms with Crippen LogP contribution in [0.1, 0.15) is 60.0 Å². The van der Waals surface area contributed by atoms with Gasteiger partial charge >= 0.3 is 0 Å². The lowest BCUT2D eigenvalue weighted by atomic mass is 9.90. The highest BCUT2D eigenvalue weighted by molar-refractivity contribution is 7.09. The molecule has 0 unspecified atom stereocenters. The molecule has 1 amide bonds.